The lowest BCUT2D eigenvalue weighted by molar-refractivity contribution is 0.108. The van der Waals surface area contributed by atoms with Crippen molar-refractivity contribution in [2.45, 2.75) is 0 Å². The summed E-state index contributed by atoms with van der Waals surface area (Å²) in [4.78, 5) is 10.7. The molecule has 1 aromatic rings. The van der Waals surface area contributed by atoms with Crippen molar-refractivity contribution in [3.63, 3.8) is 0 Å². The number of halogens is 2. The summed E-state index contributed by atoms with van der Waals surface area (Å²) in [5.74, 6) is 0.520. The lowest BCUT2D eigenvalue weighted by Crippen LogP contribution is -1.90. The van der Waals surface area contributed by atoms with E-state index in [0.717, 1.165) is 0 Å². The van der Waals surface area contributed by atoms with Crippen LogP contribution in [0.1, 0.15) is 10.4 Å². The van der Waals surface area contributed by atoms with E-state index in [-0.39, 0.29) is 0 Å². The lowest BCUT2D eigenvalue weighted by atomic mass is 10.2. The summed E-state index contributed by atoms with van der Waals surface area (Å²) in [6.07, 6.45) is 0. The van der Waals surface area contributed by atoms with Crippen LogP contribution in [-0.2, 0) is 0 Å². The number of rotatable bonds is 2. The number of hydrogen-bond donors (Lipinski definition) is 0. The molecule has 0 saturated heterocycles. The van der Waals surface area contributed by atoms with E-state index >= 15 is 0 Å². The monoisotopic (exact) mass is 204 g/mol. The molecule has 0 heterocycles. The lowest BCUT2D eigenvalue weighted by Gasteiger charge is -2.01. The number of benzene rings is 1. The van der Waals surface area contributed by atoms with E-state index in [0.29, 0.717) is 16.3 Å². The summed E-state index contributed by atoms with van der Waals surface area (Å²) in [6.45, 7) is 0. The van der Waals surface area contributed by atoms with Crippen molar-refractivity contribution in [3.05, 3.63) is 28.8 Å². The average molecular weight is 205 g/mol. The Morgan fingerprint density at radius 3 is 2.58 bits per heavy atom. The summed E-state index contributed by atoms with van der Waals surface area (Å²) >= 11 is 10.9. The van der Waals surface area contributed by atoms with Gasteiger partial charge in [0.25, 0.3) is 5.24 Å². The third-order valence-electron chi connectivity index (χ3n) is 1.33. The molecule has 0 N–H and O–H groups in total. The van der Waals surface area contributed by atoms with Crippen LogP contribution in [0.3, 0.4) is 0 Å². The molecule has 0 amide bonds. The second kappa shape index (κ2) is 3.78. The van der Waals surface area contributed by atoms with Crippen LogP contribution in [0.4, 0.5) is 0 Å². The molecule has 1 aromatic carbocycles. The van der Waals surface area contributed by atoms with Crippen LogP contribution in [0.2, 0.25) is 5.02 Å². The summed E-state index contributed by atoms with van der Waals surface area (Å²) in [7, 11) is 1.49. The van der Waals surface area contributed by atoms with Gasteiger partial charge in [-0.15, -0.1) is 0 Å². The molecule has 0 atom stereocenters. The Hall–Kier alpha value is -0.730. The van der Waals surface area contributed by atoms with Crippen molar-refractivity contribution in [2.75, 3.05) is 7.11 Å². The van der Waals surface area contributed by atoms with Gasteiger partial charge in [0.05, 0.1) is 7.11 Å². The molecule has 64 valence electrons. The second-order valence-electron chi connectivity index (χ2n) is 2.15. The first-order valence-electron chi connectivity index (χ1n) is 3.18. The van der Waals surface area contributed by atoms with Gasteiger partial charge in [0.1, 0.15) is 5.75 Å². The Kier molecular flexibility index (Phi) is 2.95. The third-order valence-corrected chi connectivity index (χ3v) is 1.77. The highest BCUT2D eigenvalue weighted by Gasteiger charge is 2.04. The normalized spacial score (nSPS) is 9.58. The molecular weight excluding hydrogens is 199 g/mol. The number of carbonyl (C=O) groups excluding carboxylic acids is 1. The molecule has 0 spiro atoms. The first-order valence-corrected chi connectivity index (χ1v) is 3.93. The quantitative estimate of drug-likeness (QED) is 0.693. The number of hydrogen-bond acceptors (Lipinski definition) is 2. The zero-order valence-electron chi connectivity index (χ0n) is 6.30. The molecule has 0 aliphatic heterocycles. The van der Waals surface area contributed by atoms with E-state index in [1.54, 1.807) is 6.07 Å². The van der Waals surface area contributed by atoms with Gasteiger partial charge < -0.3 is 4.74 Å². The van der Waals surface area contributed by atoms with Crippen molar-refractivity contribution in [2.24, 2.45) is 0 Å². The predicted octanol–water partition coefficient (Wildman–Crippen LogP) is 2.73. The van der Waals surface area contributed by atoms with Gasteiger partial charge in [-0.05, 0) is 29.8 Å². The highest BCUT2D eigenvalue weighted by atomic mass is 35.5. The fraction of sp³-hybridized carbons (Fsp3) is 0.125. The van der Waals surface area contributed by atoms with E-state index in [1.165, 1.54) is 19.2 Å². The summed E-state index contributed by atoms with van der Waals surface area (Å²) in [5, 5.41) is -0.117. The van der Waals surface area contributed by atoms with E-state index < -0.39 is 5.24 Å². The second-order valence-corrected chi connectivity index (χ2v) is 2.93. The molecule has 0 aliphatic carbocycles. The van der Waals surface area contributed by atoms with Crippen LogP contribution in [0.25, 0.3) is 0 Å². The molecule has 4 heteroatoms. The molecule has 0 unspecified atom stereocenters. The van der Waals surface area contributed by atoms with E-state index in [1.807, 2.05) is 0 Å². The highest BCUT2D eigenvalue weighted by molar-refractivity contribution is 6.67. The Balaban J connectivity index is 3.15. The fourth-order valence-electron chi connectivity index (χ4n) is 0.794. The molecule has 0 saturated carbocycles. The van der Waals surface area contributed by atoms with Gasteiger partial charge >= 0.3 is 0 Å². The predicted molar refractivity (Wildman–Crippen MR) is 48.2 cm³/mol. The van der Waals surface area contributed by atoms with Crippen molar-refractivity contribution < 1.29 is 9.53 Å². The Labute approximate surface area is 80.0 Å². The molecular formula is C8H6Cl2O2. The van der Waals surface area contributed by atoms with Crippen LogP contribution >= 0.6 is 23.2 Å². The van der Waals surface area contributed by atoms with Crippen LogP contribution < -0.4 is 4.74 Å². The van der Waals surface area contributed by atoms with E-state index in [9.17, 15) is 4.79 Å². The van der Waals surface area contributed by atoms with Gasteiger partial charge in [0.2, 0.25) is 0 Å². The maximum Gasteiger partial charge on any atom is 0.252 e. The molecule has 1 rings (SSSR count). The summed E-state index contributed by atoms with van der Waals surface area (Å²) in [5.41, 5.74) is 0.334. The number of ether oxygens (including phenoxy) is 1. The van der Waals surface area contributed by atoms with Crippen molar-refractivity contribution in [1.29, 1.82) is 0 Å². The first-order chi connectivity index (χ1) is 5.63. The van der Waals surface area contributed by atoms with E-state index in [4.69, 9.17) is 27.9 Å². The minimum atomic E-state index is -0.546. The third kappa shape index (κ3) is 2.13. The maximum atomic E-state index is 10.7. The molecule has 0 aromatic heterocycles. The minimum Gasteiger partial charge on any atom is -0.497 e. The smallest absolute Gasteiger partial charge is 0.252 e. The number of methoxy groups -OCH3 is 1. The Bertz CT molecular complexity index is 310. The van der Waals surface area contributed by atoms with Gasteiger partial charge in [-0.2, -0.15) is 0 Å². The summed E-state index contributed by atoms with van der Waals surface area (Å²) < 4.78 is 4.89. The Morgan fingerprint density at radius 2 is 2.08 bits per heavy atom. The van der Waals surface area contributed by atoms with Gasteiger partial charge in [0, 0.05) is 10.6 Å². The van der Waals surface area contributed by atoms with Crippen LogP contribution in [-0.4, -0.2) is 12.4 Å². The highest BCUT2D eigenvalue weighted by Crippen LogP contribution is 2.21. The SMILES string of the molecule is COc1cc(Cl)cc(C(=O)Cl)c1. The molecule has 0 radical (unpaired) electrons. The zero-order chi connectivity index (χ0) is 9.14. The van der Waals surface area contributed by atoms with Crippen LogP contribution in [0.15, 0.2) is 18.2 Å². The topological polar surface area (TPSA) is 26.3 Å². The standard InChI is InChI=1S/C8H6Cl2O2/c1-12-7-3-5(8(10)11)2-6(9)4-7/h2-4H,1H3. The van der Waals surface area contributed by atoms with Gasteiger partial charge in [-0.1, -0.05) is 11.6 Å². The molecule has 0 bridgehead atoms. The van der Waals surface area contributed by atoms with Crippen LogP contribution in [0.5, 0.6) is 5.75 Å². The first kappa shape index (κ1) is 9.36. The molecule has 0 aliphatic rings. The van der Waals surface area contributed by atoms with Gasteiger partial charge in [0.15, 0.2) is 0 Å². The summed E-state index contributed by atoms with van der Waals surface area (Å²) in [6, 6.07) is 4.62. The van der Waals surface area contributed by atoms with Crippen molar-refractivity contribution in [1.82, 2.24) is 0 Å². The van der Waals surface area contributed by atoms with Crippen molar-refractivity contribution >= 4 is 28.4 Å². The average Bonchev–Trinajstić information content (AvgIpc) is 2.03. The largest absolute Gasteiger partial charge is 0.497 e. The molecule has 2 nitrogen and oxygen atoms in total. The van der Waals surface area contributed by atoms with Crippen molar-refractivity contribution in [3.8, 4) is 5.75 Å². The van der Waals surface area contributed by atoms with Crippen LogP contribution in [0, 0.1) is 0 Å². The molecule has 12 heavy (non-hydrogen) atoms. The fourth-order valence-corrected chi connectivity index (χ4v) is 1.13. The zero-order valence-corrected chi connectivity index (χ0v) is 7.82. The van der Waals surface area contributed by atoms with E-state index in [2.05, 4.69) is 0 Å². The van der Waals surface area contributed by atoms with Gasteiger partial charge in [-0.25, -0.2) is 0 Å². The molecule has 0 fully saturated rings. The maximum absolute atomic E-state index is 10.7. The number of carbonyl (C=O) groups is 1. The van der Waals surface area contributed by atoms with Gasteiger partial charge in [-0.3, -0.25) is 4.79 Å². The minimum absolute atomic E-state index is 0.334. The Morgan fingerprint density at radius 1 is 1.42 bits per heavy atom.